The Kier molecular flexibility index (Phi) is 4.40. The van der Waals surface area contributed by atoms with E-state index in [4.69, 9.17) is 4.74 Å². The maximum atomic E-state index is 11.7. The summed E-state index contributed by atoms with van der Waals surface area (Å²) in [6.07, 6.45) is 0.880. The van der Waals surface area contributed by atoms with Crippen molar-refractivity contribution in [2.45, 2.75) is 13.3 Å². The molecule has 1 aliphatic rings. The number of methoxy groups -OCH3 is 1. The molecule has 1 N–H and O–H groups in total. The zero-order chi connectivity index (χ0) is 16.4. The molecular weight excluding hydrogens is 314 g/mol. The normalized spacial score (nSPS) is 13.0. The fourth-order valence-electron chi connectivity index (χ4n) is 2.62. The Bertz CT molecular complexity index is 757. The first kappa shape index (κ1) is 15.6. The summed E-state index contributed by atoms with van der Waals surface area (Å²) in [7, 11) is 1.47. The number of hydrogen-bond donors (Lipinski definition) is 1. The van der Waals surface area contributed by atoms with Crippen molar-refractivity contribution in [2.24, 2.45) is 0 Å². The summed E-state index contributed by atoms with van der Waals surface area (Å²) in [5.74, 6) is -0.184. The minimum absolute atomic E-state index is 0.00132. The number of anilines is 2. The molecule has 2 heterocycles. The number of benzene rings is 1. The average molecular weight is 331 g/mol. The first-order valence-electron chi connectivity index (χ1n) is 7.24. The third kappa shape index (κ3) is 3.25. The fraction of sp³-hybridized carbons (Fsp3) is 0.312. The topological polar surface area (TPSA) is 71.5 Å². The zero-order valence-electron chi connectivity index (χ0n) is 13.0. The van der Waals surface area contributed by atoms with Crippen molar-refractivity contribution >= 4 is 34.0 Å². The number of aromatic nitrogens is 1. The molecule has 0 bridgehead atoms. The highest BCUT2D eigenvalue weighted by Gasteiger charge is 2.22. The molecule has 1 aromatic heterocycles. The number of thiazole rings is 1. The number of rotatable bonds is 4. The van der Waals surface area contributed by atoms with Gasteiger partial charge in [0.25, 0.3) is 5.91 Å². The minimum Gasteiger partial charge on any atom is -0.375 e. The van der Waals surface area contributed by atoms with Gasteiger partial charge < -0.3 is 9.64 Å². The molecule has 0 unspecified atom stereocenters. The standard InChI is InChI=1S/C16H17N3O3S/c1-10(20)19-6-5-11-3-4-12(7-14(11)19)13-9-23-16(17-13)18-15(21)8-22-2/h3-4,7,9H,5-6,8H2,1-2H3,(H,17,18,21). The first-order valence-corrected chi connectivity index (χ1v) is 8.12. The molecule has 0 saturated heterocycles. The van der Waals surface area contributed by atoms with Crippen LogP contribution in [-0.2, 0) is 20.7 Å². The molecule has 2 aromatic rings. The van der Waals surface area contributed by atoms with Crippen molar-refractivity contribution in [2.75, 3.05) is 30.5 Å². The maximum Gasteiger partial charge on any atom is 0.252 e. The van der Waals surface area contributed by atoms with Crippen molar-refractivity contribution in [3.8, 4) is 11.3 Å². The third-order valence-electron chi connectivity index (χ3n) is 3.68. The molecule has 3 rings (SSSR count). The van der Waals surface area contributed by atoms with E-state index in [0.29, 0.717) is 5.13 Å². The summed E-state index contributed by atoms with van der Waals surface area (Å²) < 4.78 is 4.78. The second-order valence-corrected chi connectivity index (χ2v) is 6.14. The van der Waals surface area contributed by atoms with E-state index in [1.807, 2.05) is 23.6 Å². The number of nitrogens with zero attached hydrogens (tertiary/aromatic N) is 2. The van der Waals surface area contributed by atoms with Crippen LogP contribution in [0.15, 0.2) is 23.6 Å². The van der Waals surface area contributed by atoms with Gasteiger partial charge in [0.1, 0.15) is 6.61 Å². The lowest BCUT2D eigenvalue weighted by molar-refractivity contribution is -0.119. The van der Waals surface area contributed by atoms with Crippen molar-refractivity contribution in [3.05, 3.63) is 29.1 Å². The van der Waals surface area contributed by atoms with E-state index in [1.54, 1.807) is 11.8 Å². The van der Waals surface area contributed by atoms with E-state index in [0.717, 1.165) is 29.9 Å². The highest BCUT2D eigenvalue weighted by molar-refractivity contribution is 7.14. The molecule has 7 heteroatoms. The monoisotopic (exact) mass is 331 g/mol. The summed E-state index contributed by atoms with van der Waals surface area (Å²) in [5.41, 5.74) is 3.84. The van der Waals surface area contributed by atoms with Crippen molar-refractivity contribution < 1.29 is 14.3 Å². The summed E-state index contributed by atoms with van der Waals surface area (Å²) in [5, 5.41) is 5.11. The number of fused-ring (bicyclic) bond motifs is 1. The zero-order valence-corrected chi connectivity index (χ0v) is 13.8. The molecule has 1 aromatic carbocycles. The SMILES string of the molecule is COCC(=O)Nc1nc(-c2ccc3c(c2)N(C(C)=O)CC3)cs1. The Balaban J connectivity index is 1.83. The molecule has 0 spiro atoms. The quantitative estimate of drug-likeness (QED) is 0.933. The van der Waals surface area contributed by atoms with Gasteiger partial charge in [0.15, 0.2) is 5.13 Å². The van der Waals surface area contributed by atoms with E-state index >= 15 is 0 Å². The third-order valence-corrected chi connectivity index (χ3v) is 4.44. The van der Waals surface area contributed by atoms with Gasteiger partial charge in [-0.3, -0.25) is 14.9 Å². The van der Waals surface area contributed by atoms with E-state index in [1.165, 1.54) is 24.0 Å². The van der Waals surface area contributed by atoms with Gasteiger partial charge in [0.2, 0.25) is 5.91 Å². The highest BCUT2D eigenvalue weighted by Crippen LogP contribution is 2.33. The second-order valence-electron chi connectivity index (χ2n) is 5.28. The molecule has 2 amide bonds. The number of ether oxygens (including phenoxy) is 1. The van der Waals surface area contributed by atoms with Crippen LogP contribution in [0.4, 0.5) is 10.8 Å². The van der Waals surface area contributed by atoms with E-state index < -0.39 is 0 Å². The van der Waals surface area contributed by atoms with Crippen LogP contribution in [0.3, 0.4) is 0 Å². The summed E-state index contributed by atoms with van der Waals surface area (Å²) >= 11 is 1.36. The van der Waals surface area contributed by atoms with E-state index in [9.17, 15) is 9.59 Å². The number of nitrogens with one attached hydrogen (secondary N) is 1. The Labute approximate surface area is 138 Å². The second kappa shape index (κ2) is 6.47. The van der Waals surface area contributed by atoms with Crippen LogP contribution in [0.25, 0.3) is 11.3 Å². The van der Waals surface area contributed by atoms with Gasteiger partial charge in [-0.25, -0.2) is 4.98 Å². The van der Waals surface area contributed by atoms with Gasteiger partial charge in [-0.15, -0.1) is 11.3 Å². The predicted molar refractivity (Wildman–Crippen MR) is 89.8 cm³/mol. The molecule has 1 aliphatic heterocycles. The number of hydrogen-bond acceptors (Lipinski definition) is 5. The van der Waals surface area contributed by atoms with Gasteiger partial charge in [0, 0.05) is 37.2 Å². The van der Waals surface area contributed by atoms with Crippen LogP contribution in [0.1, 0.15) is 12.5 Å². The molecule has 0 atom stereocenters. The highest BCUT2D eigenvalue weighted by atomic mass is 32.1. The number of carbonyl (C=O) groups is 2. The van der Waals surface area contributed by atoms with Crippen molar-refractivity contribution in [3.63, 3.8) is 0 Å². The lowest BCUT2D eigenvalue weighted by atomic mass is 10.1. The van der Waals surface area contributed by atoms with Crippen molar-refractivity contribution in [1.82, 2.24) is 4.98 Å². The molecule has 0 radical (unpaired) electrons. The van der Waals surface area contributed by atoms with Gasteiger partial charge in [0.05, 0.1) is 5.69 Å². The minimum atomic E-state index is -0.231. The molecule has 0 saturated carbocycles. The largest absolute Gasteiger partial charge is 0.375 e. The van der Waals surface area contributed by atoms with Gasteiger partial charge in [-0.05, 0) is 18.1 Å². The van der Waals surface area contributed by atoms with Gasteiger partial charge in [-0.1, -0.05) is 12.1 Å². The molecule has 0 aliphatic carbocycles. The molecule has 120 valence electrons. The van der Waals surface area contributed by atoms with Crippen LogP contribution >= 0.6 is 11.3 Å². The van der Waals surface area contributed by atoms with Crippen LogP contribution in [0.2, 0.25) is 0 Å². The lowest BCUT2D eigenvalue weighted by Gasteiger charge is -2.15. The summed E-state index contributed by atoms with van der Waals surface area (Å²) in [4.78, 5) is 29.4. The van der Waals surface area contributed by atoms with Gasteiger partial charge >= 0.3 is 0 Å². The van der Waals surface area contributed by atoms with E-state index in [-0.39, 0.29) is 18.4 Å². The van der Waals surface area contributed by atoms with Gasteiger partial charge in [-0.2, -0.15) is 0 Å². The molecule has 0 fully saturated rings. The number of amides is 2. The molecule has 6 nitrogen and oxygen atoms in total. The van der Waals surface area contributed by atoms with E-state index in [2.05, 4.69) is 10.3 Å². The molecular formula is C16H17N3O3S. The van der Waals surface area contributed by atoms with Crippen LogP contribution in [0.5, 0.6) is 0 Å². The Hall–Kier alpha value is -2.25. The first-order chi connectivity index (χ1) is 11.1. The Morgan fingerprint density at radius 2 is 2.26 bits per heavy atom. The average Bonchev–Trinajstić information content (AvgIpc) is 3.13. The smallest absolute Gasteiger partial charge is 0.252 e. The van der Waals surface area contributed by atoms with Crippen LogP contribution < -0.4 is 10.2 Å². The number of carbonyl (C=O) groups excluding carboxylic acids is 2. The Morgan fingerprint density at radius 3 is 3.00 bits per heavy atom. The summed E-state index contributed by atoms with van der Waals surface area (Å²) in [6, 6.07) is 6.02. The molecule has 23 heavy (non-hydrogen) atoms. The van der Waals surface area contributed by atoms with Crippen molar-refractivity contribution in [1.29, 1.82) is 0 Å². The Morgan fingerprint density at radius 1 is 1.43 bits per heavy atom. The summed E-state index contributed by atoms with van der Waals surface area (Å²) in [6.45, 7) is 2.30. The predicted octanol–water partition coefficient (Wildman–Crippen LogP) is 2.30. The maximum absolute atomic E-state index is 11.7. The lowest BCUT2D eigenvalue weighted by Crippen LogP contribution is -2.25. The fourth-order valence-corrected chi connectivity index (χ4v) is 3.35. The van der Waals surface area contributed by atoms with Crippen LogP contribution in [0, 0.1) is 0 Å². The van der Waals surface area contributed by atoms with Crippen LogP contribution in [-0.4, -0.2) is 37.1 Å².